The van der Waals surface area contributed by atoms with Gasteiger partial charge in [-0.25, -0.2) is 4.98 Å². The predicted octanol–water partition coefficient (Wildman–Crippen LogP) is 1.72. The molecule has 0 saturated heterocycles. The van der Waals surface area contributed by atoms with Crippen molar-refractivity contribution in [3.63, 3.8) is 0 Å². The lowest BCUT2D eigenvalue weighted by Crippen LogP contribution is -2.11. The Labute approximate surface area is 112 Å². The van der Waals surface area contributed by atoms with Crippen LogP contribution >= 0.6 is 22.9 Å². The van der Waals surface area contributed by atoms with Gasteiger partial charge in [0.15, 0.2) is 5.13 Å². The van der Waals surface area contributed by atoms with Crippen LogP contribution in [-0.2, 0) is 0 Å². The van der Waals surface area contributed by atoms with Gasteiger partial charge in [0.25, 0.3) is 5.91 Å². The summed E-state index contributed by atoms with van der Waals surface area (Å²) in [7, 11) is 0. The van der Waals surface area contributed by atoms with Gasteiger partial charge in [-0.05, 0) is 6.07 Å². The average Bonchev–Trinajstić information content (AvgIpc) is 2.96. The highest BCUT2D eigenvalue weighted by Gasteiger charge is 2.10. The number of halogens is 1. The summed E-state index contributed by atoms with van der Waals surface area (Å²) in [5, 5.41) is 12.1. The number of aliphatic hydroxyl groups excluding tert-OH is 1. The van der Waals surface area contributed by atoms with Crippen molar-refractivity contribution < 1.29 is 9.90 Å². The Morgan fingerprint density at radius 3 is 3.17 bits per heavy atom. The van der Waals surface area contributed by atoms with Crippen LogP contribution < -0.4 is 5.32 Å². The zero-order valence-corrected chi connectivity index (χ0v) is 10.6. The number of aromatic amines is 1. The largest absolute Gasteiger partial charge is 0.384 e. The van der Waals surface area contributed by atoms with Crippen LogP contribution in [0.15, 0.2) is 18.5 Å². The Morgan fingerprint density at radius 1 is 1.67 bits per heavy atom. The van der Waals surface area contributed by atoms with E-state index < -0.39 is 0 Å². The fourth-order valence-corrected chi connectivity index (χ4v) is 2.03. The Balaban J connectivity index is 2.05. The maximum Gasteiger partial charge on any atom is 0.273 e. The zero-order chi connectivity index (χ0) is 13.0. The molecule has 0 unspecified atom stereocenters. The highest BCUT2D eigenvalue weighted by atomic mass is 35.5. The van der Waals surface area contributed by atoms with Crippen molar-refractivity contribution in [1.82, 2.24) is 9.97 Å². The van der Waals surface area contributed by atoms with Gasteiger partial charge >= 0.3 is 0 Å². The SMILES string of the molecule is O=C(Nc1ncc(C#CCO)s1)c1cc(Cl)c[nH]1. The topological polar surface area (TPSA) is 78.0 Å². The van der Waals surface area contributed by atoms with Crippen molar-refractivity contribution in [3.05, 3.63) is 34.1 Å². The highest BCUT2D eigenvalue weighted by Crippen LogP contribution is 2.18. The number of H-pyrrole nitrogens is 1. The normalized spacial score (nSPS) is 9.67. The van der Waals surface area contributed by atoms with E-state index >= 15 is 0 Å². The van der Waals surface area contributed by atoms with Crippen molar-refractivity contribution in [2.75, 3.05) is 11.9 Å². The number of amides is 1. The summed E-state index contributed by atoms with van der Waals surface area (Å²) in [5.74, 6) is 4.89. The summed E-state index contributed by atoms with van der Waals surface area (Å²) in [6.45, 7) is -0.208. The molecule has 2 heterocycles. The summed E-state index contributed by atoms with van der Waals surface area (Å²) in [6.07, 6.45) is 3.06. The number of nitrogens with one attached hydrogen (secondary N) is 2. The van der Waals surface area contributed by atoms with Gasteiger partial charge in [0.1, 0.15) is 12.3 Å². The van der Waals surface area contributed by atoms with Gasteiger partial charge < -0.3 is 10.1 Å². The number of rotatable bonds is 2. The molecule has 0 aliphatic rings. The van der Waals surface area contributed by atoms with E-state index in [0.717, 1.165) is 0 Å². The van der Waals surface area contributed by atoms with Crippen LogP contribution in [-0.4, -0.2) is 27.6 Å². The maximum atomic E-state index is 11.7. The highest BCUT2D eigenvalue weighted by molar-refractivity contribution is 7.16. The Morgan fingerprint density at radius 2 is 2.50 bits per heavy atom. The fraction of sp³-hybridized carbons (Fsp3) is 0.0909. The zero-order valence-electron chi connectivity index (χ0n) is 9.03. The summed E-state index contributed by atoms with van der Waals surface area (Å²) in [5.41, 5.74) is 0.359. The van der Waals surface area contributed by atoms with E-state index in [-0.39, 0.29) is 12.5 Å². The van der Waals surface area contributed by atoms with Crippen LogP contribution in [0, 0.1) is 11.8 Å². The molecule has 0 bridgehead atoms. The molecule has 0 atom stereocenters. The standard InChI is InChI=1S/C11H8ClN3O2S/c12-7-4-9(13-5-7)10(17)15-11-14-6-8(18-11)2-1-3-16/h4-6,13,16H,3H2,(H,14,15,17). The molecule has 1 amide bonds. The first-order valence-corrected chi connectivity index (χ1v) is 6.09. The minimum atomic E-state index is -0.321. The molecule has 0 saturated carbocycles. The first-order valence-electron chi connectivity index (χ1n) is 4.90. The Bertz CT molecular complexity index is 624. The van der Waals surface area contributed by atoms with Crippen molar-refractivity contribution in [2.24, 2.45) is 0 Å². The van der Waals surface area contributed by atoms with E-state index in [0.29, 0.717) is 20.7 Å². The lowest BCUT2D eigenvalue weighted by molar-refractivity contribution is 0.102. The van der Waals surface area contributed by atoms with Crippen molar-refractivity contribution in [2.45, 2.75) is 0 Å². The molecule has 0 aliphatic carbocycles. The maximum absolute atomic E-state index is 11.7. The number of anilines is 1. The number of hydrogen-bond acceptors (Lipinski definition) is 4. The first kappa shape index (κ1) is 12.6. The number of hydrogen-bond donors (Lipinski definition) is 3. The monoisotopic (exact) mass is 281 g/mol. The van der Waals surface area contributed by atoms with E-state index in [1.165, 1.54) is 29.8 Å². The van der Waals surface area contributed by atoms with Gasteiger partial charge in [0.05, 0.1) is 16.1 Å². The minimum Gasteiger partial charge on any atom is -0.384 e. The number of aromatic nitrogens is 2. The second-order valence-corrected chi connectivity index (χ2v) is 4.64. The molecule has 0 aromatic carbocycles. The number of carbonyl (C=O) groups excluding carboxylic acids is 1. The van der Waals surface area contributed by atoms with Gasteiger partial charge in [-0.2, -0.15) is 0 Å². The van der Waals surface area contributed by atoms with Crippen molar-refractivity contribution >= 4 is 34.0 Å². The van der Waals surface area contributed by atoms with Gasteiger partial charge in [0, 0.05) is 6.20 Å². The predicted molar refractivity (Wildman–Crippen MR) is 69.8 cm³/mol. The van der Waals surface area contributed by atoms with Crippen molar-refractivity contribution in [1.29, 1.82) is 0 Å². The smallest absolute Gasteiger partial charge is 0.273 e. The summed E-state index contributed by atoms with van der Waals surface area (Å²) >= 11 is 6.93. The van der Waals surface area contributed by atoms with Crippen LogP contribution in [0.1, 0.15) is 15.4 Å². The minimum absolute atomic E-state index is 0.208. The quantitative estimate of drug-likeness (QED) is 0.734. The molecular formula is C11H8ClN3O2S. The Hall–Kier alpha value is -1.81. The third-order valence-electron chi connectivity index (χ3n) is 1.91. The second kappa shape index (κ2) is 5.69. The number of aliphatic hydroxyl groups is 1. The van der Waals surface area contributed by atoms with E-state index in [2.05, 4.69) is 27.1 Å². The fourth-order valence-electron chi connectivity index (χ4n) is 1.18. The van der Waals surface area contributed by atoms with E-state index in [1.807, 2.05) is 0 Å². The molecule has 7 heteroatoms. The van der Waals surface area contributed by atoms with Crippen molar-refractivity contribution in [3.8, 4) is 11.8 Å². The van der Waals surface area contributed by atoms with Crippen LogP contribution in [0.2, 0.25) is 5.02 Å². The molecule has 0 radical (unpaired) electrons. The molecular weight excluding hydrogens is 274 g/mol. The summed E-state index contributed by atoms with van der Waals surface area (Å²) in [4.78, 5) is 19.1. The molecule has 2 aromatic heterocycles. The van der Waals surface area contributed by atoms with Gasteiger partial charge in [-0.15, -0.1) is 0 Å². The molecule has 2 rings (SSSR count). The van der Waals surface area contributed by atoms with Gasteiger partial charge in [0.2, 0.25) is 0 Å². The second-order valence-electron chi connectivity index (χ2n) is 3.18. The molecule has 5 nitrogen and oxygen atoms in total. The van der Waals surface area contributed by atoms with Gasteiger partial charge in [-0.1, -0.05) is 34.8 Å². The van der Waals surface area contributed by atoms with Crippen LogP contribution in [0.25, 0.3) is 0 Å². The molecule has 0 fully saturated rings. The molecule has 2 aromatic rings. The van der Waals surface area contributed by atoms with E-state index in [1.54, 1.807) is 0 Å². The van der Waals surface area contributed by atoms with Crippen LogP contribution in [0.4, 0.5) is 5.13 Å². The van der Waals surface area contributed by atoms with E-state index in [4.69, 9.17) is 16.7 Å². The number of carbonyl (C=O) groups is 1. The molecule has 92 valence electrons. The third-order valence-corrected chi connectivity index (χ3v) is 2.96. The van der Waals surface area contributed by atoms with Crippen LogP contribution in [0.5, 0.6) is 0 Å². The molecule has 0 aliphatic heterocycles. The van der Waals surface area contributed by atoms with E-state index in [9.17, 15) is 4.79 Å². The lowest BCUT2D eigenvalue weighted by Gasteiger charge is -1.97. The van der Waals surface area contributed by atoms with Crippen LogP contribution in [0.3, 0.4) is 0 Å². The molecule has 3 N–H and O–H groups in total. The first-order chi connectivity index (χ1) is 8.69. The van der Waals surface area contributed by atoms with Gasteiger partial charge in [-0.3, -0.25) is 10.1 Å². The molecule has 18 heavy (non-hydrogen) atoms. The molecule has 0 spiro atoms. The Kier molecular flexibility index (Phi) is 3.99. The lowest BCUT2D eigenvalue weighted by atomic mass is 10.4. The number of nitrogens with zero attached hydrogens (tertiary/aromatic N) is 1. The summed E-state index contributed by atoms with van der Waals surface area (Å²) < 4.78 is 0. The summed E-state index contributed by atoms with van der Waals surface area (Å²) in [6, 6.07) is 1.52. The average molecular weight is 282 g/mol. The third kappa shape index (κ3) is 3.11. The number of thiazole rings is 1.